The summed E-state index contributed by atoms with van der Waals surface area (Å²) < 4.78 is 47.0. The Kier molecular flexibility index (Phi) is 7.94. The second kappa shape index (κ2) is 11.3. The van der Waals surface area contributed by atoms with E-state index in [0.29, 0.717) is 30.0 Å². The number of aromatic amines is 1. The van der Waals surface area contributed by atoms with Gasteiger partial charge in [0.15, 0.2) is 0 Å². The van der Waals surface area contributed by atoms with Crippen molar-refractivity contribution in [3.63, 3.8) is 0 Å². The number of alkyl halides is 3. The Balaban J connectivity index is 1.16. The maximum atomic E-state index is 13.8. The molecule has 4 heterocycles. The average molecular weight is 559 g/mol. The van der Waals surface area contributed by atoms with Crippen LogP contribution in [-0.2, 0) is 10.9 Å². The molecule has 8 nitrogen and oxygen atoms in total. The number of halogens is 3. The van der Waals surface area contributed by atoms with Crippen LogP contribution in [0.5, 0.6) is 0 Å². The number of piperidine rings is 1. The van der Waals surface area contributed by atoms with Crippen LogP contribution in [0.2, 0.25) is 0 Å². The fraction of sp³-hybridized carbons (Fsp3) is 0.552. The fourth-order valence-corrected chi connectivity index (χ4v) is 5.56. The molecule has 0 saturated carbocycles. The molecule has 0 bridgehead atoms. The van der Waals surface area contributed by atoms with E-state index < -0.39 is 17.3 Å². The summed E-state index contributed by atoms with van der Waals surface area (Å²) in [5, 5.41) is 3.96. The molecule has 1 amide bonds. The third kappa shape index (κ3) is 6.68. The zero-order valence-electron chi connectivity index (χ0n) is 23.2. The number of fused-ring (bicyclic) bond motifs is 1. The Hall–Kier alpha value is -3.34. The van der Waals surface area contributed by atoms with Crippen LogP contribution >= 0.6 is 0 Å². The number of para-hydroxylation sites is 1. The number of carbonyl (C=O) groups excluding carboxylic acids is 1. The van der Waals surface area contributed by atoms with Gasteiger partial charge in [0.05, 0.1) is 5.69 Å². The molecule has 0 aliphatic carbocycles. The zero-order chi connectivity index (χ0) is 28.5. The Morgan fingerprint density at radius 1 is 1.12 bits per heavy atom. The van der Waals surface area contributed by atoms with Crippen LogP contribution in [0.3, 0.4) is 0 Å². The predicted molar refractivity (Wildman–Crippen MR) is 148 cm³/mol. The highest BCUT2D eigenvalue weighted by Crippen LogP contribution is 2.38. The number of hydrogen-bond acceptors (Lipinski definition) is 6. The minimum absolute atomic E-state index is 0.0570. The maximum Gasteiger partial charge on any atom is 0.419 e. The maximum absolute atomic E-state index is 13.8. The van der Waals surface area contributed by atoms with E-state index in [2.05, 4.69) is 25.2 Å². The molecule has 2 N–H and O–H groups in total. The molecular weight excluding hydrogens is 521 g/mol. The second-order valence-electron chi connectivity index (χ2n) is 11.8. The highest BCUT2D eigenvalue weighted by atomic mass is 19.4. The van der Waals surface area contributed by atoms with E-state index >= 15 is 0 Å². The van der Waals surface area contributed by atoms with E-state index in [1.807, 2.05) is 32.9 Å². The summed E-state index contributed by atoms with van der Waals surface area (Å²) >= 11 is 0. The molecule has 2 saturated heterocycles. The van der Waals surface area contributed by atoms with Crippen molar-refractivity contribution in [2.45, 2.75) is 64.3 Å². The Morgan fingerprint density at radius 2 is 1.88 bits per heavy atom. The molecule has 1 atom stereocenters. The zero-order valence-corrected chi connectivity index (χ0v) is 23.2. The SMILES string of the molecule is CC(C)(C)OC(=O)N1CCC(CCN2CC[C@@H](Nc3ncc(C(F)(F)F)c(-c4c[nH]c5ccccc45)n3)C2)CC1. The first-order chi connectivity index (χ1) is 19.0. The lowest BCUT2D eigenvalue weighted by Crippen LogP contribution is -2.42. The lowest BCUT2D eigenvalue weighted by atomic mass is 9.93. The molecule has 2 aliphatic rings. The summed E-state index contributed by atoms with van der Waals surface area (Å²) in [7, 11) is 0. The topological polar surface area (TPSA) is 86.4 Å². The monoisotopic (exact) mass is 558 g/mol. The summed E-state index contributed by atoms with van der Waals surface area (Å²) in [6, 6.07) is 7.29. The summed E-state index contributed by atoms with van der Waals surface area (Å²) in [5.41, 5.74) is -0.319. The number of nitrogens with zero attached hydrogens (tertiary/aromatic N) is 4. The van der Waals surface area contributed by atoms with Crippen LogP contribution in [0.4, 0.5) is 23.9 Å². The summed E-state index contributed by atoms with van der Waals surface area (Å²) in [4.78, 5) is 27.9. The molecule has 0 unspecified atom stereocenters. The standard InChI is InChI=1S/C29H37F3N6O2/c1-28(2,3)40-27(39)38-14-9-19(10-15-38)8-12-37-13-11-20(18-37)35-26-34-17-23(29(30,31)32)25(36-26)22-16-33-24-7-5-4-6-21(22)24/h4-7,16-17,19-20,33H,8-15,18H2,1-3H3,(H,34,35,36)/t20-/m1/s1. The number of aromatic nitrogens is 3. The van der Waals surface area contributed by atoms with E-state index in [-0.39, 0.29) is 23.8 Å². The van der Waals surface area contributed by atoms with Gasteiger partial charge in [0.1, 0.15) is 11.2 Å². The number of ether oxygens (including phenoxy) is 1. The van der Waals surface area contributed by atoms with Gasteiger partial charge in [0.25, 0.3) is 0 Å². The number of amides is 1. The van der Waals surface area contributed by atoms with Crippen molar-refractivity contribution in [3.8, 4) is 11.3 Å². The van der Waals surface area contributed by atoms with E-state index in [0.717, 1.165) is 57.0 Å². The molecule has 0 spiro atoms. The first-order valence-electron chi connectivity index (χ1n) is 13.9. The molecule has 40 heavy (non-hydrogen) atoms. The summed E-state index contributed by atoms with van der Waals surface area (Å²) in [5.74, 6) is 0.761. The van der Waals surface area contributed by atoms with Crippen molar-refractivity contribution < 1.29 is 22.7 Å². The van der Waals surface area contributed by atoms with Gasteiger partial charge in [0, 0.05) is 61.1 Å². The van der Waals surface area contributed by atoms with Gasteiger partial charge < -0.3 is 24.8 Å². The second-order valence-corrected chi connectivity index (χ2v) is 11.8. The van der Waals surface area contributed by atoms with Crippen molar-refractivity contribution in [1.29, 1.82) is 0 Å². The molecule has 2 aromatic heterocycles. The minimum atomic E-state index is -4.57. The highest BCUT2D eigenvalue weighted by Gasteiger charge is 2.36. The largest absolute Gasteiger partial charge is 0.444 e. The number of likely N-dealkylation sites (tertiary alicyclic amines) is 2. The summed E-state index contributed by atoms with van der Waals surface area (Å²) in [6.45, 7) is 9.70. The molecule has 1 aromatic carbocycles. The van der Waals surface area contributed by atoms with Gasteiger partial charge in [-0.2, -0.15) is 13.2 Å². The number of rotatable bonds is 6. The number of hydrogen-bond donors (Lipinski definition) is 2. The molecule has 5 rings (SSSR count). The molecule has 0 radical (unpaired) electrons. The number of benzene rings is 1. The fourth-order valence-electron chi connectivity index (χ4n) is 5.56. The number of anilines is 1. The summed E-state index contributed by atoms with van der Waals surface area (Å²) in [6.07, 6.45) is 1.48. The third-order valence-corrected chi connectivity index (χ3v) is 7.66. The van der Waals surface area contributed by atoms with Crippen molar-refractivity contribution in [3.05, 3.63) is 42.2 Å². The van der Waals surface area contributed by atoms with E-state index in [4.69, 9.17) is 4.74 Å². The van der Waals surface area contributed by atoms with Crippen molar-refractivity contribution in [2.75, 3.05) is 38.0 Å². The Bertz CT molecular complexity index is 1330. The molecule has 3 aromatic rings. The molecule has 2 fully saturated rings. The van der Waals surface area contributed by atoms with Gasteiger partial charge in [-0.3, -0.25) is 0 Å². The number of carbonyl (C=O) groups is 1. The van der Waals surface area contributed by atoms with E-state index in [1.165, 1.54) is 0 Å². The van der Waals surface area contributed by atoms with Crippen LogP contribution in [0.1, 0.15) is 52.0 Å². The van der Waals surface area contributed by atoms with Crippen molar-refractivity contribution >= 4 is 22.9 Å². The van der Waals surface area contributed by atoms with E-state index in [1.54, 1.807) is 23.2 Å². The lowest BCUT2D eigenvalue weighted by molar-refractivity contribution is -0.137. The highest BCUT2D eigenvalue weighted by molar-refractivity contribution is 5.95. The van der Waals surface area contributed by atoms with Gasteiger partial charge in [-0.15, -0.1) is 0 Å². The van der Waals surface area contributed by atoms with E-state index in [9.17, 15) is 18.0 Å². The van der Waals surface area contributed by atoms with Gasteiger partial charge in [0.2, 0.25) is 5.95 Å². The molecule has 2 aliphatic heterocycles. The van der Waals surface area contributed by atoms with Gasteiger partial charge in [-0.05, 0) is 65.0 Å². The smallest absolute Gasteiger partial charge is 0.419 e. The minimum Gasteiger partial charge on any atom is -0.444 e. The van der Waals surface area contributed by atoms with Crippen molar-refractivity contribution in [1.82, 2.24) is 24.8 Å². The molecular formula is C29H37F3N6O2. The van der Waals surface area contributed by atoms with Crippen LogP contribution in [0.15, 0.2) is 36.7 Å². The average Bonchev–Trinajstić information content (AvgIpc) is 3.53. The molecule has 216 valence electrons. The predicted octanol–water partition coefficient (Wildman–Crippen LogP) is 6.17. The van der Waals surface area contributed by atoms with Crippen LogP contribution in [-0.4, -0.2) is 75.2 Å². The Labute approximate surface area is 232 Å². The first-order valence-corrected chi connectivity index (χ1v) is 13.9. The van der Waals surface area contributed by atoms with Gasteiger partial charge >= 0.3 is 12.3 Å². The third-order valence-electron chi connectivity index (χ3n) is 7.66. The van der Waals surface area contributed by atoms with Crippen LogP contribution < -0.4 is 5.32 Å². The number of H-pyrrole nitrogens is 1. The first kappa shape index (κ1) is 28.2. The lowest BCUT2D eigenvalue weighted by Gasteiger charge is -2.34. The van der Waals surface area contributed by atoms with Gasteiger partial charge in [-0.1, -0.05) is 18.2 Å². The van der Waals surface area contributed by atoms with Crippen LogP contribution in [0.25, 0.3) is 22.2 Å². The van der Waals surface area contributed by atoms with Crippen LogP contribution in [0, 0.1) is 5.92 Å². The Morgan fingerprint density at radius 3 is 2.60 bits per heavy atom. The van der Waals surface area contributed by atoms with Gasteiger partial charge in [-0.25, -0.2) is 14.8 Å². The number of nitrogens with one attached hydrogen (secondary N) is 2. The van der Waals surface area contributed by atoms with Crippen molar-refractivity contribution in [2.24, 2.45) is 5.92 Å². The normalized spacial score (nSPS) is 19.4. The quantitative estimate of drug-likeness (QED) is 0.377. The molecule has 11 heteroatoms.